The Kier molecular flexibility index (Phi) is 4.50. The van der Waals surface area contributed by atoms with Gasteiger partial charge < -0.3 is 9.47 Å². The Hall–Kier alpha value is -1.19. The molecule has 0 atom stereocenters. The molecule has 0 saturated carbocycles. The average Bonchev–Trinajstić information content (AvgIpc) is 2.37. The van der Waals surface area contributed by atoms with E-state index in [0.717, 1.165) is 21.5 Å². The van der Waals surface area contributed by atoms with E-state index in [1.165, 1.54) is 0 Å². The topological polar surface area (TPSA) is 18.5 Å². The molecule has 0 aromatic heterocycles. The largest absolute Gasteiger partial charge is 0.497 e. The first-order valence-corrected chi connectivity index (χ1v) is 6.57. The monoisotopic (exact) mass is 326 g/mol. The van der Waals surface area contributed by atoms with E-state index < -0.39 is 0 Å². The molecule has 18 heavy (non-hydrogen) atoms. The highest BCUT2D eigenvalue weighted by Crippen LogP contribution is 2.29. The number of methoxy groups -OCH3 is 1. The van der Waals surface area contributed by atoms with Crippen LogP contribution < -0.4 is 9.47 Å². The van der Waals surface area contributed by atoms with E-state index in [1.54, 1.807) is 7.11 Å². The van der Waals surface area contributed by atoms with Crippen molar-refractivity contribution in [3.8, 4) is 11.5 Å². The number of ether oxygens (including phenoxy) is 2. The van der Waals surface area contributed by atoms with Gasteiger partial charge >= 0.3 is 0 Å². The van der Waals surface area contributed by atoms with Crippen molar-refractivity contribution < 1.29 is 9.47 Å². The third kappa shape index (κ3) is 3.40. The molecule has 2 aromatic carbocycles. The zero-order valence-electron chi connectivity index (χ0n) is 9.82. The van der Waals surface area contributed by atoms with Crippen molar-refractivity contribution in [2.45, 2.75) is 6.61 Å². The third-order valence-corrected chi connectivity index (χ3v) is 3.28. The number of halogens is 2. The molecule has 0 heterocycles. The van der Waals surface area contributed by atoms with Gasteiger partial charge in [0.25, 0.3) is 0 Å². The van der Waals surface area contributed by atoms with Crippen LogP contribution in [0.5, 0.6) is 11.5 Å². The molecule has 0 fully saturated rings. The minimum atomic E-state index is 0.478. The number of rotatable bonds is 4. The molecule has 0 unspecified atom stereocenters. The van der Waals surface area contributed by atoms with Crippen LogP contribution in [0, 0.1) is 0 Å². The van der Waals surface area contributed by atoms with Crippen LogP contribution in [0.25, 0.3) is 0 Å². The molecule has 0 aliphatic heterocycles. The first-order valence-electron chi connectivity index (χ1n) is 5.40. The molecule has 2 nitrogen and oxygen atoms in total. The van der Waals surface area contributed by atoms with Gasteiger partial charge in [-0.25, -0.2) is 0 Å². The smallest absolute Gasteiger partial charge is 0.134 e. The van der Waals surface area contributed by atoms with Gasteiger partial charge in [-0.3, -0.25) is 0 Å². The second kappa shape index (κ2) is 6.12. The van der Waals surface area contributed by atoms with Gasteiger partial charge in [-0.1, -0.05) is 23.7 Å². The number of hydrogen-bond donors (Lipinski definition) is 0. The van der Waals surface area contributed by atoms with Crippen molar-refractivity contribution in [2.24, 2.45) is 0 Å². The molecule has 0 aliphatic carbocycles. The van der Waals surface area contributed by atoms with Crippen molar-refractivity contribution in [3.05, 3.63) is 57.5 Å². The minimum absolute atomic E-state index is 0.478. The normalized spacial score (nSPS) is 10.2. The van der Waals surface area contributed by atoms with E-state index >= 15 is 0 Å². The molecule has 0 N–H and O–H groups in total. The van der Waals surface area contributed by atoms with E-state index in [0.29, 0.717) is 11.6 Å². The summed E-state index contributed by atoms with van der Waals surface area (Å²) in [7, 11) is 1.63. The second-order valence-corrected chi connectivity index (χ2v) is 5.01. The molecule has 4 heteroatoms. The lowest BCUT2D eigenvalue weighted by Crippen LogP contribution is -1.96. The minimum Gasteiger partial charge on any atom is -0.497 e. The highest BCUT2D eigenvalue weighted by molar-refractivity contribution is 9.10. The van der Waals surface area contributed by atoms with Gasteiger partial charge in [0, 0.05) is 5.02 Å². The summed E-state index contributed by atoms with van der Waals surface area (Å²) in [5.41, 5.74) is 1.03. The van der Waals surface area contributed by atoms with Crippen LogP contribution in [0.2, 0.25) is 5.02 Å². The van der Waals surface area contributed by atoms with Crippen LogP contribution >= 0.6 is 27.5 Å². The highest BCUT2D eigenvalue weighted by atomic mass is 79.9. The fourth-order valence-electron chi connectivity index (χ4n) is 1.51. The lowest BCUT2D eigenvalue weighted by atomic mass is 10.2. The molecule has 0 amide bonds. The molecular formula is C14H12BrClO2. The summed E-state index contributed by atoms with van der Waals surface area (Å²) in [5, 5.41) is 0.713. The summed E-state index contributed by atoms with van der Waals surface area (Å²) in [6, 6.07) is 13.2. The van der Waals surface area contributed by atoms with E-state index in [4.69, 9.17) is 21.1 Å². The molecule has 0 aliphatic rings. The maximum atomic E-state index is 5.92. The Morgan fingerprint density at radius 3 is 2.67 bits per heavy atom. The second-order valence-electron chi connectivity index (χ2n) is 3.71. The molecule has 0 bridgehead atoms. The zero-order chi connectivity index (χ0) is 13.0. The van der Waals surface area contributed by atoms with Gasteiger partial charge in [-0.15, -0.1) is 0 Å². The lowest BCUT2D eigenvalue weighted by molar-refractivity contribution is 0.303. The fraction of sp³-hybridized carbons (Fsp3) is 0.143. The predicted molar refractivity (Wildman–Crippen MR) is 76.5 cm³/mol. The molecule has 2 rings (SSSR count). The SMILES string of the molecule is COc1ccc(OCc2cccc(Cl)c2)c(Br)c1. The molecule has 94 valence electrons. The Balaban J connectivity index is 2.06. The van der Waals surface area contributed by atoms with Crippen LogP contribution in [-0.2, 0) is 6.61 Å². The van der Waals surface area contributed by atoms with Crippen molar-refractivity contribution in [1.82, 2.24) is 0 Å². The molecule has 0 spiro atoms. The first-order chi connectivity index (χ1) is 8.69. The average molecular weight is 328 g/mol. The van der Waals surface area contributed by atoms with Gasteiger partial charge in [-0.2, -0.15) is 0 Å². The summed E-state index contributed by atoms with van der Waals surface area (Å²) in [6.07, 6.45) is 0. The Morgan fingerprint density at radius 2 is 2.00 bits per heavy atom. The van der Waals surface area contributed by atoms with Crippen molar-refractivity contribution in [2.75, 3.05) is 7.11 Å². The predicted octanol–water partition coefficient (Wildman–Crippen LogP) is 4.69. The van der Waals surface area contributed by atoms with Gasteiger partial charge in [0.2, 0.25) is 0 Å². The van der Waals surface area contributed by atoms with Crippen molar-refractivity contribution in [1.29, 1.82) is 0 Å². The van der Waals surface area contributed by atoms with Crippen LogP contribution in [0.15, 0.2) is 46.9 Å². The Labute approximate surface area is 120 Å². The summed E-state index contributed by atoms with van der Waals surface area (Å²) in [6.45, 7) is 0.478. The van der Waals surface area contributed by atoms with E-state index in [1.807, 2.05) is 42.5 Å². The first kappa shape index (κ1) is 13.2. The van der Waals surface area contributed by atoms with Crippen molar-refractivity contribution >= 4 is 27.5 Å². The van der Waals surface area contributed by atoms with E-state index in [2.05, 4.69) is 15.9 Å². The molecular weight excluding hydrogens is 316 g/mol. The van der Waals surface area contributed by atoms with Crippen LogP contribution in [-0.4, -0.2) is 7.11 Å². The Bertz CT molecular complexity index is 543. The molecule has 0 radical (unpaired) electrons. The maximum absolute atomic E-state index is 5.92. The maximum Gasteiger partial charge on any atom is 0.134 e. The van der Waals surface area contributed by atoms with Gasteiger partial charge in [0.05, 0.1) is 11.6 Å². The van der Waals surface area contributed by atoms with Crippen molar-refractivity contribution in [3.63, 3.8) is 0 Å². The van der Waals surface area contributed by atoms with E-state index in [-0.39, 0.29) is 0 Å². The van der Waals surface area contributed by atoms with Crippen LogP contribution in [0.1, 0.15) is 5.56 Å². The fourth-order valence-corrected chi connectivity index (χ4v) is 2.20. The quantitative estimate of drug-likeness (QED) is 0.811. The van der Waals surface area contributed by atoms with Gasteiger partial charge in [0.1, 0.15) is 18.1 Å². The summed E-state index contributed by atoms with van der Waals surface area (Å²) in [5.74, 6) is 1.56. The number of hydrogen-bond acceptors (Lipinski definition) is 2. The zero-order valence-corrected chi connectivity index (χ0v) is 12.2. The highest BCUT2D eigenvalue weighted by Gasteiger charge is 2.03. The lowest BCUT2D eigenvalue weighted by Gasteiger charge is -2.09. The number of benzene rings is 2. The third-order valence-electron chi connectivity index (χ3n) is 2.42. The van der Waals surface area contributed by atoms with Gasteiger partial charge in [0.15, 0.2) is 0 Å². The van der Waals surface area contributed by atoms with Crippen LogP contribution in [0.3, 0.4) is 0 Å². The standard InChI is InChI=1S/C14H12BrClO2/c1-17-12-5-6-14(13(15)8-12)18-9-10-3-2-4-11(16)7-10/h2-8H,9H2,1H3. The summed E-state index contributed by atoms with van der Waals surface area (Å²) >= 11 is 9.36. The summed E-state index contributed by atoms with van der Waals surface area (Å²) in [4.78, 5) is 0. The Morgan fingerprint density at radius 1 is 1.17 bits per heavy atom. The molecule has 2 aromatic rings. The van der Waals surface area contributed by atoms with Crippen LogP contribution in [0.4, 0.5) is 0 Å². The van der Waals surface area contributed by atoms with Gasteiger partial charge in [-0.05, 0) is 51.8 Å². The molecule has 0 saturated heterocycles. The van der Waals surface area contributed by atoms with E-state index in [9.17, 15) is 0 Å². The summed E-state index contributed by atoms with van der Waals surface area (Å²) < 4.78 is 11.7.